The summed E-state index contributed by atoms with van der Waals surface area (Å²) in [6.07, 6.45) is 0. The molecule has 5 nitrogen and oxygen atoms in total. The van der Waals surface area contributed by atoms with E-state index in [0.29, 0.717) is 25.6 Å². The second-order valence-electron chi connectivity index (χ2n) is 5.36. The molecule has 0 radical (unpaired) electrons. The van der Waals surface area contributed by atoms with Gasteiger partial charge in [-0.3, -0.25) is 0 Å². The lowest BCUT2D eigenvalue weighted by Crippen LogP contribution is -2.36. The van der Waals surface area contributed by atoms with E-state index in [1.54, 1.807) is 12.1 Å². The van der Waals surface area contributed by atoms with Crippen LogP contribution in [0.25, 0.3) is 0 Å². The summed E-state index contributed by atoms with van der Waals surface area (Å²) in [5.41, 5.74) is 2.14. The number of anilines is 1. The Morgan fingerprint density at radius 1 is 1.13 bits per heavy atom. The van der Waals surface area contributed by atoms with Crippen LogP contribution in [0.2, 0.25) is 0 Å². The number of ether oxygens (including phenoxy) is 2. The van der Waals surface area contributed by atoms with E-state index in [0.717, 1.165) is 24.3 Å². The maximum atomic E-state index is 11.4. The van der Waals surface area contributed by atoms with E-state index < -0.39 is 5.97 Å². The van der Waals surface area contributed by atoms with Crippen molar-refractivity contribution in [2.24, 2.45) is 0 Å². The molecule has 120 valence electrons. The minimum Gasteiger partial charge on any atom is -0.488 e. The third-order valence-corrected chi connectivity index (χ3v) is 3.81. The highest BCUT2D eigenvalue weighted by Gasteiger charge is 2.16. The van der Waals surface area contributed by atoms with E-state index in [-0.39, 0.29) is 5.56 Å². The highest BCUT2D eigenvalue weighted by molar-refractivity contribution is 5.91. The van der Waals surface area contributed by atoms with Gasteiger partial charge < -0.3 is 19.5 Å². The number of carbonyl (C=O) groups is 1. The highest BCUT2D eigenvalue weighted by atomic mass is 16.5. The molecule has 0 saturated carbocycles. The first-order valence-electron chi connectivity index (χ1n) is 7.61. The van der Waals surface area contributed by atoms with Crippen LogP contribution in [0.1, 0.15) is 15.9 Å². The van der Waals surface area contributed by atoms with E-state index in [1.165, 1.54) is 0 Å². The van der Waals surface area contributed by atoms with Gasteiger partial charge in [-0.15, -0.1) is 0 Å². The van der Waals surface area contributed by atoms with Crippen LogP contribution in [0.4, 0.5) is 5.69 Å². The zero-order valence-electron chi connectivity index (χ0n) is 12.8. The van der Waals surface area contributed by atoms with Crippen molar-refractivity contribution in [2.75, 3.05) is 31.2 Å². The van der Waals surface area contributed by atoms with Crippen LogP contribution in [0.15, 0.2) is 48.5 Å². The Kier molecular flexibility index (Phi) is 4.78. The summed E-state index contributed by atoms with van der Waals surface area (Å²) in [7, 11) is 0. The summed E-state index contributed by atoms with van der Waals surface area (Å²) >= 11 is 0. The molecule has 0 aromatic heterocycles. The average molecular weight is 313 g/mol. The summed E-state index contributed by atoms with van der Waals surface area (Å²) in [5, 5.41) is 9.35. The van der Waals surface area contributed by atoms with Crippen molar-refractivity contribution in [1.29, 1.82) is 0 Å². The third kappa shape index (κ3) is 3.81. The molecular weight excluding hydrogens is 294 g/mol. The molecule has 0 spiro atoms. The Bertz CT molecular complexity index is 666. The Labute approximate surface area is 135 Å². The summed E-state index contributed by atoms with van der Waals surface area (Å²) in [5.74, 6) is -0.591. The lowest BCUT2D eigenvalue weighted by Gasteiger charge is -2.29. The van der Waals surface area contributed by atoms with Gasteiger partial charge in [0.1, 0.15) is 17.9 Å². The first-order chi connectivity index (χ1) is 11.2. The topological polar surface area (TPSA) is 59.0 Å². The number of aromatic carboxylic acids is 1. The molecule has 1 saturated heterocycles. The molecule has 0 atom stereocenters. The molecule has 1 N–H and O–H groups in total. The van der Waals surface area contributed by atoms with E-state index in [1.807, 2.05) is 36.4 Å². The zero-order valence-corrected chi connectivity index (χ0v) is 12.8. The van der Waals surface area contributed by atoms with Crippen molar-refractivity contribution in [3.05, 3.63) is 59.7 Å². The molecule has 1 fully saturated rings. The zero-order chi connectivity index (χ0) is 16.1. The first-order valence-corrected chi connectivity index (χ1v) is 7.61. The molecule has 0 amide bonds. The van der Waals surface area contributed by atoms with Crippen LogP contribution in [0.5, 0.6) is 5.75 Å². The maximum Gasteiger partial charge on any atom is 0.339 e. The van der Waals surface area contributed by atoms with Crippen molar-refractivity contribution < 1.29 is 19.4 Å². The summed E-state index contributed by atoms with van der Waals surface area (Å²) in [6, 6.07) is 14.9. The van der Waals surface area contributed by atoms with Crippen LogP contribution < -0.4 is 9.64 Å². The van der Waals surface area contributed by atoms with E-state index >= 15 is 0 Å². The monoisotopic (exact) mass is 313 g/mol. The highest BCUT2D eigenvalue weighted by Crippen LogP contribution is 2.27. The smallest absolute Gasteiger partial charge is 0.339 e. The Balaban J connectivity index is 1.81. The molecule has 0 unspecified atom stereocenters. The van der Waals surface area contributed by atoms with Crippen molar-refractivity contribution in [2.45, 2.75) is 6.61 Å². The van der Waals surface area contributed by atoms with Crippen molar-refractivity contribution in [3.8, 4) is 5.75 Å². The SMILES string of the molecule is O=C(O)c1ccc(N2CCOCC2)cc1OCc1ccccc1. The second kappa shape index (κ2) is 7.15. The average Bonchev–Trinajstić information content (AvgIpc) is 2.61. The molecule has 0 bridgehead atoms. The van der Waals surface area contributed by atoms with E-state index in [9.17, 15) is 9.90 Å². The number of hydrogen-bond donors (Lipinski definition) is 1. The van der Waals surface area contributed by atoms with Gasteiger partial charge in [0, 0.05) is 24.8 Å². The van der Waals surface area contributed by atoms with Gasteiger partial charge in [-0.1, -0.05) is 30.3 Å². The van der Waals surface area contributed by atoms with Crippen molar-refractivity contribution in [1.82, 2.24) is 0 Å². The molecule has 1 aliphatic heterocycles. The van der Waals surface area contributed by atoms with Gasteiger partial charge in [-0.2, -0.15) is 0 Å². The summed E-state index contributed by atoms with van der Waals surface area (Å²) < 4.78 is 11.1. The lowest BCUT2D eigenvalue weighted by molar-refractivity contribution is 0.0691. The predicted octanol–water partition coefficient (Wildman–Crippen LogP) is 2.80. The van der Waals surface area contributed by atoms with E-state index in [4.69, 9.17) is 9.47 Å². The van der Waals surface area contributed by atoms with Crippen LogP contribution >= 0.6 is 0 Å². The number of nitrogens with zero attached hydrogens (tertiary/aromatic N) is 1. The molecule has 1 heterocycles. The second-order valence-corrected chi connectivity index (χ2v) is 5.36. The Morgan fingerprint density at radius 2 is 1.87 bits per heavy atom. The number of morpholine rings is 1. The minimum atomic E-state index is -0.985. The number of carboxylic acids is 1. The van der Waals surface area contributed by atoms with Gasteiger partial charge in [-0.25, -0.2) is 4.79 Å². The van der Waals surface area contributed by atoms with Gasteiger partial charge in [0.05, 0.1) is 13.2 Å². The quantitative estimate of drug-likeness (QED) is 0.920. The van der Waals surface area contributed by atoms with Gasteiger partial charge in [0.25, 0.3) is 0 Å². The van der Waals surface area contributed by atoms with E-state index in [2.05, 4.69) is 4.90 Å². The molecule has 1 aliphatic rings. The maximum absolute atomic E-state index is 11.4. The molecule has 5 heteroatoms. The fourth-order valence-corrected chi connectivity index (χ4v) is 2.56. The molecule has 23 heavy (non-hydrogen) atoms. The largest absolute Gasteiger partial charge is 0.488 e. The van der Waals surface area contributed by atoms with Crippen LogP contribution in [-0.2, 0) is 11.3 Å². The number of rotatable bonds is 5. The minimum absolute atomic E-state index is 0.179. The Hall–Kier alpha value is -2.53. The summed E-state index contributed by atoms with van der Waals surface area (Å²) in [4.78, 5) is 13.6. The molecule has 2 aromatic rings. The van der Waals surface area contributed by atoms with Gasteiger partial charge in [-0.05, 0) is 17.7 Å². The molecular formula is C18H19NO4. The number of hydrogen-bond acceptors (Lipinski definition) is 4. The Morgan fingerprint density at radius 3 is 2.57 bits per heavy atom. The van der Waals surface area contributed by atoms with Crippen LogP contribution in [0, 0.1) is 0 Å². The standard InChI is InChI=1S/C18H19NO4/c20-18(21)16-7-6-15(19-8-10-22-11-9-19)12-17(16)23-13-14-4-2-1-3-5-14/h1-7,12H,8-11,13H2,(H,20,21). The van der Waals surface area contributed by atoms with Gasteiger partial charge >= 0.3 is 5.97 Å². The fourth-order valence-electron chi connectivity index (χ4n) is 2.56. The third-order valence-electron chi connectivity index (χ3n) is 3.81. The lowest BCUT2D eigenvalue weighted by atomic mass is 10.1. The van der Waals surface area contributed by atoms with Crippen LogP contribution in [-0.4, -0.2) is 37.4 Å². The fraction of sp³-hybridized carbons (Fsp3) is 0.278. The first kappa shape index (κ1) is 15.4. The van der Waals surface area contributed by atoms with Crippen molar-refractivity contribution in [3.63, 3.8) is 0 Å². The molecule has 3 rings (SSSR count). The number of carboxylic acid groups (broad SMARTS) is 1. The van der Waals surface area contributed by atoms with Crippen molar-refractivity contribution >= 4 is 11.7 Å². The summed E-state index contributed by atoms with van der Waals surface area (Å²) in [6.45, 7) is 3.30. The van der Waals surface area contributed by atoms with Gasteiger partial charge in [0.2, 0.25) is 0 Å². The normalized spacial score (nSPS) is 14.5. The predicted molar refractivity (Wildman–Crippen MR) is 87.2 cm³/mol. The molecule has 2 aromatic carbocycles. The number of benzene rings is 2. The van der Waals surface area contributed by atoms with Crippen LogP contribution in [0.3, 0.4) is 0 Å². The van der Waals surface area contributed by atoms with Gasteiger partial charge in [0.15, 0.2) is 0 Å². The molecule has 0 aliphatic carbocycles.